The third-order valence-electron chi connectivity index (χ3n) is 4.36. The Labute approximate surface area is 166 Å². The molecule has 0 bridgehead atoms. The smallest absolute Gasteiger partial charge is 0.232 e. The van der Waals surface area contributed by atoms with Crippen molar-refractivity contribution in [1.29, 1.82) is 0 Å². The Morgan fingerprint density at radius 1 is 0.828 bits per heavy atom. The molecule has 0 spiro atoms. The molecule has 2 aromatic carbocycles. The van der Waals surface area contributed by atoms with Gasteiger partial charge in [-0.05, 0) is 35.4 Å². The van der Waals surface area contributed by atoms with Crippen LogP contribution in [0.2, 0.25) is 0 Å². The number of aromatic hydroxyl groups is 2. The second kappa shape index (κ2) is 9.23. The molecule has 9 heteroatoms. The molecule has 1 saturated heterocycles. The van der Waals surface area contributed by atoms with Gasteiger partial charge in [0.25, 0.3) is 0 Å². The Morgan fingerprint density at radius 2 is 1.45 bits per heavy atom. The second-order valence-corrected chi connectivity index (χ2v) is 6.56. The van der Waals surface area contributed by atoms with Gasteiger partial charge in [-0.25, -0.2) is 0 Å². The lowest BCUT2D eigenvalue weighted by molar-refractivity contribution is -0.386. The van der Waals surface area contributed by atoms with E-state index in [0.29, 0.717) is 5.56 Å². The van der Waals surface area contributed by atoms with E-state index in [1.165, 1.54) is 18.2 Å². The number of ether oxygens (including phenoxy) is 1. The molecule has 5 atom stereocenters. The van der Waals surface area contributed by atoms with Gasteiger partial charge < -0.3 is 40.3 Å². The molecule has 3 rings (SSSR count). The third-order valence-corrected chi connectivity index (χ3v) is 4.36. The normalized spacial score (nSPS) is 27.2. The number of aliphatic hydroxyl groups is 4. The largest absolute Gasteiger partial charge is 0.508 e. The lowest BCUT2D eigenvalue weighted by Gasteiger charge is -2.38. The average Bonchev–Trinajstić information content (AvgIpc) is 2.70. The van der Waals surface area contributed by atoms with E-state index < -0.39 is 37.3 Å². The van der Waals surface area contributed by atoms with Crippen molar-refractivity contribution >= 4 is 12.2 Å². The van der Waals surface area contributed by atoms with Gasteiger partial charge in [-0.3, -0.25) is 0 Å². The summed E-state index contributed by atoms with van der Waals surface area (Å²) in [7, 11) is 0. The molecule has 1 heterocycles. The van der Waals surface area contributed by atoms with Crippen LogP contribution in [-0.2, 0) is 9.62 Å². The summed E-state index contributed by atoms with van der Waals surface area (Å²) in [5.41, 5.74) is 1.42. The summed E-state index contributed by atoms with van der Waals surface area (Å²) in [5, 5.41) is 57.5. The van der Waals surface area contributed by atoms with Gasteiger partial charge in [0.05, 0.1) is 6.61 Å². The lowest BCUT2D eigenvalue weighted by atomic mass is 9.99. The molecule has 1 fully saturated rings. The number of phenolic OH excluding ortho intramolecular Hbond substituents is 2. The van der Waals surface area contributed by atoms with E-state index >= 15 is 0 Å². The van der Waals surface area contributed by atoms with Gasteiger partial charge in [-0.1, -0.05) is 24.3 Å². The van der Waals surface area contributed by atoms with Gasteiger partial charge in [0, 0.05) is 6.07 Å². The van der Waals surface area contributed by atoms with Crippen LogP contribution in [0.4, 0.5) is 0 Å². The highest BCUT2D eigenvalue weighted by Crippen LogP contribution is 2.24. The Balaban J connectivity index is 1.58. The zero-order valence-electron chi connectivity index (χ0n) is 15.2. The van der Waals surface area contributed by atoms with Crippen LogP contribution in [0.25, 0.3) is 12.2 Å². The molecule has 9 nitrogen and oxygen atoms in total. The van der Waals surface area contributed by atoms with Crippen LogP contribution in [0.5, 0.6) is 17.2 Å². The van der Waals surface area contributed by atoms with E-state index in [4.69, 9.17) is 19.6 Å². The monoisotopic (exact) mass is 406 g/mol. The first-order valence-corrected chi connectivity index (χ1v) is 8.82. The number of hydrogen-bond acceptors (Lipinski definition) is 9. The average molecular weight is 406 g/mol. The van der Waals surface area contributed by atoms with Crippen molar-refractivity contribution < 1.29 is 45.2 Å². The standard InChI is InChI=1S/C20H22O9/c21-10-16-17(24)18(25)19(26)20(27-16)29-28-15-5-3-11(4-6-15)1-2-12-7-13(22)9-14(23)8-12/h1-9,16-26H,10H2/t16-,17-,18+,19-,20+/m1/s1. The number of aliphatic hydroxyl groups excluding tert-OH is 4. The highest BCUT2D eigenvalue weighted by atomic mass is 17.2. The van der Waals surface area contributed by atoms with Crippen molar-refractivity contribution in [2.75, 3.05) is 6.61 Å². The highest BCUT2D eigenvalue weighted by Gasteiger charge is 2.45. The molecule has 156 valence electrons. The second-order valence-electron chi connectivity index (χ2n) is 6.56. The molecule has 0 saturated carbocycles. The zero-order chi connectivity index (χ0) is 21.0. The minimum atomic E-state index is -1.56. The maximum Gasteiger partial charge on any atom is 0.232 e. The van der Waals surface area contributed by atoms with Crippen LogP contribution in [-0.4, -0.2) is 68.0 Å². The minimum absolute atomic E-state index is 0.0428. The summed E-state index contributed by atoms with van der Waals surface area (Å²) in [5.74, 6) is 0.201. The topological polar surface area (TPSA) is 149 Å². The number of phenols is 2. The summed E-state index contributed by atoms with van der Waals surface area (Å²) >= 11 is 0. The Kier molecular flexibility index (Phi) is 6.70. The summed E-state index contributed by atoms with van der Waals surface area (Å²) < 4.78 is 5.17. The van der Waals surface area contributed by atoms with Crippen molar-refractivity contribution in [3.8, 4) is 17.2 Å². The van der Waals surface area contributed by atoms with E-state index in [1.54, 1.807) is 36.4 Å². The third kappa shape index (κ3) is 5.24. The van der Waals surface area contributed by atoms with Gasteiger partial charge in [0.1, 0.15) is 35.9 Å². The molecular formula is C20H22O9. The fourth-order valence-corrected chi connectivity index (χ4v) is 2.79. The van der Waals surface area contributed by atoms with Gasteiger partial charge in [0.15, 0.2) is 5.75 Å². The van der Waals surface area contributed by atoms with Crippen molar-refractivity contribution in [2.24, 2.45) is 0 Å². The van der Waals surface area contributed by atoms with Crippen LogP contribution in [0.15, 0.2) is 42.5 Å². The molecule has 1 aliphatic heterocycles. The van der Waals surface area contributed by atoms with Crippen molar-refractivity contribution in [2.45, 2.75) is 30.7 Å². The van der Waals surface area contributed by atoms with Gasteiger partial charge >= 0.3 is 0 Å². The number of hydrogen-bond donors (Lipinski definition) is 6. The molecule has 6 N–H and O–H groups in total. The molecular weight excluding hydrogens is 384 g/mol. The zero-order valence-corrected chi connectivity index (χ0v) is 15.2. The maximum absolute atomic E-state index is 9.89. The molecule has 0 aliphatic carbocycles. The lowest BCUT2D eigenvalue weighted by Crippen LogP contribution is -2.59. The fourth-order valence-electron chi connectivity index (χ4n) is 2.79. The maximum atomic E-state index is 9.89. The first-order chi connectivity index (χ1) is 13.9. The van der Waals surface area contributed by atoms with Gasteiger partial charge in [-0.15, -0.1) is 0 Å². The summed E-state index contributed by atoms with van der Waals surface area (Å²) in [6.45, 7) is -0.567. The van der Waals surface area contributed by atoms with Gasteiger partial charge in [0.2, 0.25) is 6.29 Å². The van der Waals surface area contributed by atoms with Crippen LogP contribution in [0.3, 0.4) is 0 Å². The van der Waals surface area contributed by atoms with E-state index in [9.17, 15) is 25.5 Å². The summed E-state index contributed by atoms with van der Waals surface area (Å²) in [6, 6.07) is 10.8. The van der Waals surface area contributed by atoms with Crippen molar-refractivity contribution in [3.63, 3.8) is 0 Å². The Hall–Kier alpha value is -2.66. The molecule has 29 heavy (non-hydrogen) atoms. The van der Waals surface area contributed by atoms with Gasteiger partial charge in [-0.2, -0.15) is 4.89 Å². The molecule has 0 radical (unpaired) electrons. The molecule has 1 aliphatic rings. The van der Waals surface area contributed by atoms with Crippen molar-refractivity contribution in [1.82, 2.24) is 0 Å². The molecule has 2 aromatic rings. The van der Waals surface area contributed by atoms with Crippen LogP contribution in [0.1, 0.15) is 11.1 Å². The quantitative estimate of drug-likeness (QED) is 0.227. The molecule has 0 amide bonds. The first-order valence-electron chi connectivity index (χ1n) is 8.82. The predicted octanol–water partition coefficient (Wildman–Crippen LogP) is 0.378. The van der Waals surface area contributed by atoms with Crippen LogP contribution in [0, 0.1) is 0 Å². The fraction of sp³-hybridized carbons (Fsp3) is 0.300. The Morgan fingerprint density at radius 3 is 2.07 bits per heavy atom. The van der Waals surface area contributed by atoms with Crippen molar-refractivity contribution in [3.05, 3.63) is 53.6 Å². The number of rotatable bonds is 6. The molecule has 0 unspecified atom stereocenters. The van der Waals surface area contributed by atoms with Crippen LogP contribution >= 0.6 is 0 Å². The summed E-state index contributed by atoms with van der Waals surface area (Å²) in [6.07, 6.45) is -3.62. The minimum Gasteiger partial charge on any atom is -0.508 e. The number of benzene rings is 2. The highest BCUT2D eigenvalue weighted by molar-refractivity contribution is 5.71. The molecule has 0 aromatic heterocycles. The van der Waals surface area contributed by atoms with E-state index in [-0.39, 0.29) is 17.2 Å². The predicted molar refractivity (Wildman–Crippen MR) is 101 cm³/mol. The Bertz CT molecular complexity index is 814. The van der Waals surface area contributed by atoms with E-state index in [0.717, 1.165) is 5.56 Å². The SMILES string of the molecule is OC[C@H]1O[C@@H](OOc2ccc(C=Cc3cc(O)cc(O)c3)cc2)[C@H](O)[C@@H](O)[C@@H]1O. The van der Waals surface area contributed by atoms with E-state index in [2.05, 4.69) is 0 Å². The summed E-state index contributed by atoms with van der Waals surface area (Å²) in [4.78, 5) is 10.1. The van der Waals surface area contributed by atoms with Crippen LogP contribution < -0.4 is 4.89 Å². The van der Waals surface area contributed by atoms with E-state index in [1.807, 2.05) is 0 Å². The first kappa shape index (κ1) is 21.1.